The van der Waals surface area contributed by atoms with Crippen molar-refractivity contribution in [3.63, 3.8) is 0 Å². The lowest BCUT2D eigenvalue weighted by molar-refractivity contribution is 0.415. The summed E-state index contributed by atoms with van der Waals surface area (Å²) in [7, 11) is 1.57. The van der Waals surface area contributed by atoms with Gasteiger partial charge in [-0.2, -0.15) is 5.26 Å². The molecule has 0 spiro atoms. The molecule has 0 saturated carbocycles. The summed E-state index contributed by atoms with van der Waals surface area (Å²) in [6, 6.07) is 7.48. The molecule has 5 heteroatoms. The minimum absolute atomic E-state index is 0.536. The van der Waals surface area contributed by atoms with Gasteiger partial charge in [0.25, 0.3) is 0 Å². The van der Waals surface area contributed by atoms with Crippen LogP contribution in [0.4, 0.5) is 0 Å². The van der Waals surface area contributed by atoms with Crippen LogP contribution < -0.4 is 4.74 Å². The fourth-order valence-electron chi connectivity index (χ4n) is 1.26. The average molecular weight is 251 g/mol. The van der Waals surface area contributed by atoms with E-state index in [1.54, 1.807) is 25.4 Å². The number of rotatable bonds is 2. The van der Waals surface area contributed by atoms with E-state index >= 15 is 0 Å². The van der Waals surface area contributed by atoms with E-state index < -0.39 is 0 Å². The second kappa shape index (κ2) is 4.52. The molecule has 0 aliphatic rings. The zero-order valence-corrected chi connectivity index (χ0v) is 9.97. The molecule has 0 N–H and O–H groups in total. The molecule has 0 bridgehead atoms. The summed E-state index contributed by atoms with van der Waals surface area (Å²) in [5.41, 5.74) is 0.886. The second-order valence-corrected chi connectivity index (χ2v) is 4.43. The highest BCUT2D eigenvalue weighted by molar-refractivity contribution is 7.15. The number of nitrogens with zero attached hydrogens (tertiary/aromatic N) is 2. The van der Waals surface area contributed by atoms with Crippen LogP contribution in [0.15, 0.2) is 24.4 Å². The Kier molecular flexibility index (Phi) is 3.09. The molecule has 2 rings (SSSR count). The van der Waals surface area contributed by atoms with Crippen LogP contribution in [0.3, 0.4) is 0 Å². The smallest absolute Gasteiger partial charge is 0.137 e. The molecule has 1 aromatic carbocycles. The van der Waals surface area contributed by atoms with E-state index in [-0.39, 0.29) is 0 Å². The van der Waals surface area contributed by atoms with E-state index in [4.69, 9.17) is 21.6 Å². The first-order valence-electron chi connectivity index (χ1n) is 4.44. The van der Waals surface area contributed by atoms with E-state index in [9.17, 15) is 0 Å². The van der Waals surface area contributed by atoms with Crippen LogP contribution in [0.2, 0.25) is 5.02 Å². The number of methoxy groups -OCH3 is 1. The standard InChI is InChI=1S/C11H7ClN2OS/c1-15-10-3-2-7(4-9(10)12)11-14-6-8(5-13)16-11/h2-4,6H,1H3. The summed E-state index contributed by atoms with van der Waals surface area (Å²) in [4.78, 5) is 4.74. The average Bonchev–Trinajstić information content (AvgIpc) is 2.77. The van der Waals surface area contributed by atoms with Crippen molar-refractivity contribution in [3.8, 4) is 22.4 Å². The Balaban J connectivity index is 2.42. The predicted octanol–water partition coefficient (Wildman–Crippen LogP) is 3.34. The summed E-state index contributed by atoms with van der Waals surface area (Å²) < 4.78 is 5.06. The van der Waals surface area contributed by atoms with Crippen molar-refractivity contribution in [1.29, 1.82) is 5.26 Å². The molecule has 1 heterocycles. The number of thiazole rings is 1. The lowest BCUT2D eigenvalue weighted by Gasteiger charge is -2.03. The molecule has 0 amide bonds. The third kappa shape index (κ3) is 2.01. The van der Waals surface area contributed by atoms with Gasteiger partial charge < -0.3 is 4.74 Å². The quantitative estimate of drug-likeness (QED) is 0.821. The van der Waals surface area contributed by atoms with Crippen molar-refractivity contribution >= 4 is 22.9 Å². The molecule has 0 saturated heterocycles. The molecule has 0 fully saturated rings. The van der Waals surface area contributed by atoms with Gasteiger partial charge in [-0.3, -0.25) is 0 Å². The van der Waals surface area contributed by atoms with Crippen LogP contribution in [0, 0.1) is 11.3 Å². The highest BCUT2D eigenvalue weighted by Gasteiger charge is 2.07. The van der Waals surface area contributed by atoms with Gasteiger partial charge in [0.2, 0.25) is 0 Å². The van der Waals surface area contributed by atoms with Gasteiger partial charge in [-0.25, -0.2) is 4.98 Å². The van der Waals surface area contributed by atoms with Crippen LogP contribution in [-0.4, -0.2) is 12.1 Å². The first-order valence-corrected chi connectivity index (χ1v) is 5.64. The van der Waals surface area contributed by atoms with Crippen LogP contribution in [-0.2, 0) is 0 Å². The summed E-state index contributed by atoms with van der Waals surface area (Å²) in [6.45, 7) is 0. The maximum atomic E-state index is 8.71. The van der Waals surface area contributed by atoms with E-state index in [0.29, 0.717) is 15.6 Å². The third-order valence-electron chi connectivity index (χ3n) is 2.01. The lowest BCUT2D eigenvalue weighted by Crippen LogP contribution is -1.84. The normalized spacial score (nSPS) is 9.81. The number of benzene rings is 1. The van der Waals surface area contributed by atoms with E-state index in [1.165, 1.54) is 11.3 Å². The van der Waals surface area contributed by atoms with E-state index in [2.05, 4.69) is 11.1 Å². The zero-order chi connectivity index (χ0) is 11.5. The molecule has 1 aromatic heterocycles. The van der Waals surface area contributed by atoms with E-state index in [0.717, 1.165) is 10.6 Å². The van der Waals surface area contributed by atoms with Crippen LogP contribution in [0.5, 0.6) is 5.75 Å². The Labute approximate surface area is 102 Å². The molecule has 16 heavy (non-hydrogen) atoms. The zero-order valence-electron chi connectivity index (χ0n) is 8.40. The number of hydrogen-bond donors (Lipinski definition) is 0. The molecular weight excluding hydrogens is 244 g/mol. The van der Waals surface area contributed by atoms with Crippen molar-refractivity contribution in [2.75, 3.05) is 7.11 Å². The summed E-state index contributed by atoms with van der Waals surface area (Å²) in [5, 5.41) is 10.0. The Morgan fingerprint density at radius 2 is 2.31 bits per heavy atom. The Morgan fingerprint density at radius 1 is 1.50 bits per heavy atom. The third-order valence-corrected chi connectivity index (χ3v) is 3.26. The molecule has 0 radical (unpaired) electrons. The van der Waals surface area contributed by atoms with Gasteiger partial charge in [0.1, 0.15) is 21.7 Å². The highest BCUT2D eigenvalue weighted by Crippen LogP contribution is 2.31. The van der Waals surface area contributed by atoms with Gasteiger partial charge in [0, 0.05) is 5.56 Å². The van der Waals surface area contributed by atoms with Gasteiger partial charge in [0.05, 0.1) is 18.3 Å². The van der Waals surface area contributed by atoms with Crippen molar-refractivity contribution in [2.45, 2.75) is 0 Å². The Bertz CT molecular complexity index is 559. The van der Waals surface area contributed by atoms with Gasteiger partial charge in [-0.05, 0) is 18.2 Å². The van der Waals surface area contributed by atoms with Crippen molar-refractivity contribution < 1.29 is 4.74 Å². The highest BCUT2D eigenvalue weighted by atomic mass is 35.5. The van der Waals surface area contributed by atoms with Crippen molar-refractivity contribution in [3.05, 3.63) is 34.3 Å². The number of ether oxygens (including phenoxy) is 1. The van der Waals surface area contributed by atoms with Gasteiger partial charge in [-0.1, -0.05) is 11.6 Å². The number of hydrogen-bond acceptors (Lipinski definition) is 4. The monoisotopic (exact) mass is 250 g/mol. The molecule has 80 valence electrons. The van der Waals surface area contributed by atoms with Gasteiger partial charge in [-0.15, -0.1) is 11.3 Å². The SMILES string of the molecule is COc1ccc(-c2ncc(C#N)s2)cc1Cl. The molecule has 2 aromatic rings. The summed E-state index contributed by atoms with van der Waals surface area (Å²) >= 11 is 7.34. The molecular formula is C11H7ClN2OS. The maximum Gasteiger partial charge on any atom is 0.137 e. The summed E-state index contributed by atoms with van der Waals surface area (Å²) in [5.74, 6) is 0.627. The van der Waals surface area contributed by atoms with Crippen LogP contribution >= 0.6 is 22.9 Å². The predicted molar refractivity (Wildman–Crippen MR) is 63.8 cm³/mol. The van der Waals surface area contributed by atoms with Crippen LogP contribution in [0.1, 0.15) is 4.88 Å². The molecule has 0 unspecified atom stereocenters. The molecule has 0 atom stereocenters. The maximum absolute atomic E-state index is 8.71. The minimum Gasteiger partial charge on any atom is -0.495 e. The van der Waals surface area contributed by atoms with Crippen molar-refractivity contribution in [2.24, 2.45) is 0 Å². The molecule has 0 aliphatic carbocycles. The van der Waals surface area contributed by atoms with E-state index in [1.807, 2.05) is 6.07 Å². The van der Waals surface area contributed by atoms with Crippen LogP contribution in [0.25, 0.3) is 10.6 Å². The van der Waals surface area contributed by atoms with Gasteiger partial charge in [0.15, 0.2) is 0 Å². The molecule has 0 aliphatic heterocycles. The van der Waals surface area contributed by atoms with Gasteiger partial charge >= 0.3 is 0 Å². The second-order valence-electron chi connectivity index (χ2n) is 2.99. The number of aromatic nitrogens is 1. The molecule has 3 nitrogen and oxygen atoms in total. The lowest BCUT2D eigenvalue weighted by atomic mass is 10.2. The number of nitriles is 1. The Hall–Kier alpha value is -1.57. The largest absolute Gasteiger partial charge is 0.495 e. The fraction of sp³-hybridized carbons (Fsp3) is 0.0909. The first-order chi connectivity index (χ1) is 7.74. The number of halogens is 1. The Morgan fingerprint density at radius 3 is 2.88 bits per heavy atom. The summed E-state index contributed by atoms with van der Waals surface area (Å²) in [6.07, 6.45) is 1.55. The topological polar surface area (TPSA) is 45.9 Å². The van der Waals surface area contributed by atoms with Crippen molar-refractivity contribution in [1.82, 2.24) is 4.98 Å². The minimum atomic E-state index is 0.536. The fourth-order valence-corrected chi connectivity index (χ4v) is 2.23. The first kappa shape index (κ1) is 10.9.